The van der Waals surface area contributed by atoms with Crippen molar-refractivity contribution in [1.82, 2.24) is 9.55 Å². The van der Waals surface area contributed by atoms with Crippen LogP contribution in [0.15, 0.2) is 22.3 Å². The van der Waals surface area contributed by atoms with Crippen LogP contribution in [0.1, 0.15) is 10.7 Å². The Hall–Kier alpha value is -1.99. The monoisotopic (exact) mass is 320 g/mol. The highest BCUT2D eigenvalue weighted by Gasteiger charge is 2.19. The number of hydrogen-bond acceptors (Lipinski definition) is 5. The standard InChI is InChI=1S/C14H12N2O3S2/c1-7-11(9-4-3-5-20-9)12-13(21-7)15-8(2)16(14(12)19)6-10(17)18/h3-5H,6H2,1-2H3,(H,17,18). The van der Waals surface area contributed by atoms with Gasteiger partial charge in [-0.1, -0.05) is 6.07 Å². The number of aliphatic carboxylic acids is 1. The molecule has 0 aliphatic carbocycles. The summed E-state index contributed by atoms with van der Waals surface area (Å²) in [6.07, 6.45) is 0. The Balaban J connectivity index is 2.38. The molecule has 0 saturated carbocycles. The lowest BCUT2D eigenvalue weighted by Crippen LogP contribution is -2.27. The van der Waals surface area contributed by atoms with E-state index in [2.05, 4.69) is 4.98 Å². The molecule has 5 nitrogen and oxygen atoms in total. The molecule has 0 spiro atoms. The maximum Gasteiger partial charge on any atom is 0.323 e. The molecule has 0 atom stereocenters. The number of thiophene rings is 2. The van der Waals surface area contributed by atoms with Gasteiger partial charge in [0.25, 0.3) is 5.56 Å². The Morgan fingerprint density at radius 2 is 2.19 bits per heavy atom. The lowest BCUT2D eigenvalue weighted by atomic mass is 10.1. The number of fused-ring (bicyclic) bond motifs is 1. The molecule has 0 saturated heterocycles. The van der Waals surface area contributed by atoms with E-state index in [0.717, 1.165) is 15.3 Å². The molecule has 3 aromatic rings. The first-order valence-corrected chi connectivity index (χ1v) is 7.95. The van der Waals surface area contributed by atoms with Crippen LogP contribution in [0.4, 0.5) is 0 Å². The summed E-state index contributed by atoms with van der Waals surface area (Å²) >= 11 is 3.02. The third-order valence-electron chi connectivity index (χ3n) is 3.24. The second-order valence-electron chi connectivity index (χ2n) is 4.63. The minimum atomic E-state index is -1.05. The number of carboxylic acid groups (broad SMARTS) is 1. The van der Waals surface area contributed by atoms with Crippen molar-refractivity contribution in [2.24, 2.45) is 0 Å². The average Bonchev–Trinajstić information content (AvgIpc) is 3.01. The van der Waals surface area contributed by atoms with Gasteiger partial charge in [0.2, 0.25) is 0 Å². The fourth-order valence-corrected chi connectivity index (χ4v) is 4.31. The number of carboxylic acids is 1. The Morgan fingerprint density at radius 3 is 2.81 bits per heavy atom. The Kier molecular flexibility index (Phi) is 3.38. The Morgan fingerprint density at radius 1 is 1.43 bits per heavy atom. The van der Waals surface area contributed by atoms with Crippen LogP contribution in [0.5, 0.6) is 0 Å². The molecule has 0 fully saturated rings. The van der Waals surface area contributed by atoms with E-state index in [0.29, 0.717) is 16.0 Å². The summed E-state index contributed by atoms with van der Waals surface area (Å²) in [5, 5.41) is 11.4. The number of carbonyl (C=O) groups is 1. The van der Waals surface area contributed by atoms with Gasteiger partial charge in [0.15, 0.2) is 0 Å². The van der Waals surface area contributed by atoms with Crippen LogP contribution >= 0.6 is 22.7 Å². The van der Waals surface area contributed by atoms with Crippen molar-refractivity contribution in [1.29, 1.82) is 0 Å². The van der Waals surface area contributed by atoms with Crippen molar-refractivity contribution in [3.8, 4) is 10.4 Å². The van der Waals surface area contributed by atoms with Gasteiger partial charge in [0.05, 0.1) is 5.39 Å². The largest absolute Gasteiger partial charge is 0.480 e. The lowest BCUT2D eigenvalue weighted by molar-refractivity contribution is -0.137. The molecule has 0 bridgehead atoms. The third-order valence-corrected chi connectivity index (χ3v) is 5.13. The minimum absolute atomic E-state index is 0.285. The third kappa shape index (κ3) is 2.28. The Bertz CT molecular complexity index is 891. The van der Waals surface area contributed by atoms with E-state index in [-0.39, 0.29) is 12.1 Å². The highest BCUT2D eigenvalue weighted by Crippen LogP contribution is 2.37. The van der Waals surface area contributed by atoms with Gasteiger partial charge < -0.3 is 5.11 Å². The number of aromatic nitrogens is 2. The molecule has 3 heterocycles. The van der Waals surface area contributed by atoms with E-state index < -0.39 is 5.97 Å². The van der Waals surface area contributed by atoms with Gasteiger partial charge in [-0.2, -0.15) is 0 Å². The van der Waals surface area contributed by atoms with Gasteiger partial charge in [-0.3, -0.25) is 14.2 Å². The zero-order valence-corrected chi connectivity index (χ0v) is 13.0. The average molecular weight is 320 g/mol. The number of hydrogen-bond donors (Lipinski definition) is 1. The zero-order valence-electron chi connectivity index (χ0n) is 11.4. The second kappa shape index (κ2) is 5.09. The Labute approximate surface area is 128 Å². The number of rotatable bonds is 3. The van der Waals surface area contributed by atoms with Gasteiger partial charge in [-0.05, 0) is 25.3 Å². The first-order valence-electron chi connectivity index (χ1n) is 6.25. The molecule has 0 aromatic carbocycles. The molecule has 0 aliphatic heterocycles. The first-order chi connectivity index (χ1) is 9.99. The van der Waals surface area contributed by atoms with Gasteiger partial charge in [-0.25, -0.2) is 4.98 Å². The molecule has 108 valence electrons. The van der Waals surface area contributed by atoms with Crippen LogP contribution in [0, 0.1) is 13.8 Å². The minimum Gasteiger partial charge on any atom is -0.480 e. The predicted octanol–water partition coefficient (Wildman–Crippen LogP) is 2.89. The fraction of sp³-hybridized carbons (Fsp3) is 0.214. The maximum atomic E-state index is 12.7. The normalized spacial score (nSPS) is 11.1. The molecule has 21 heavy (non-hydrogen) atoms. The molecule has 0 amide bonds. The molecule has 1 N–H and O–H groups in total. The van der Waals surface area contributed by atoms with E-state index >= 15 is 0 Å². The molecule has 0 aliphatic rings. The van der Waals surface area contributed by atoms with Gasteiger partial charge in [0.1, 0.15) is 17.2 Å². The van der Waals surface area contributed by atoms with E-state index in [4.69, 9.17) is 5.11 Å². The maximum absolute atomic E-state index is 12.7. The van der Waals surface area contributed by atoms with Gasteiger partial charge in [0, 0.05) is 15.3 Å². The summed E-state index contributed by atoms with van der Waals surface area (Å²) in [6.45, 7) is 3.24. The molecule has 3 aromatic heterocycles. The fourth-order valence-electron chi connectivity index (χ4n) is 2.34. The van der Waals surface area contributed by atoms with Crippen LogP contribution in [0.25, 0.3) is 20.7 Å². The summed E-state index contributed by atoms with van der Waals surface area (Å²) in [6, 6.07) is 3.89. The van der Waals surface area contributed by atoms with Crippen LogP contribution in [-0.2, 0) is 11.3 Å². The van der Waals surface area contributed by atoms with Crippen molar-refractivity contribution in [2.75, 3.05) is 0 Å². The predicted molar refractivity (Wildman–Crippen MR) is 84.3 cm³/mol. The summed E-state index contributed by atoms with van der Waals surface area (Å²) in [7, 11) is 0. The van der Waals surface area contributed by atoms with E-state index in [9.17, 15) is 9.59 Å². The summed E-state index contributed by atoms with van der Waals surface area (Å²) in [4.78, 5) is 30.7. The highest BCUT2D eigenvalue weighted by molar-refractivity contribution is 7.20. The summed E-state index contributed by atoms with van der Waals surface area (Å²) in [5.41, 5.74) is 0.592. The second-order valence-corrected chi connectivity index (χ2v) is 6.79. The van der Waals surface area contributed by atoms with Crippen molar-refractivity contribution in [3.05, 3.63) is 38.6 Å². The van der Waals surface area contributed by atoms with E-state index in [1.807, 2.05) is 24.4 Å². The van der Waals surface area contributed by atoms with E-state index in [1.54, 1.807) is 18.3 Å². The van der Waals surface area contributed by atoms with Crippen molar-refractivity contribution in [2.45, 2.75) is 20.4 Å². The SMILES string of the molecule is Cc1sc2nc(C)n(CC(=O)O)c(=O)c2c1-c1cccs1. The molecular formula is C14H12N2O3S2. The number of aryl methyl sites for hydroxylation is 2. The zero-order chi connectivity index (χ0) is 15.1. The smallest absolute Gasteiger partial charge is 0.323 e. The van der Waals surface area contributed by atoms with Crippen molar-refractivity contribution < 1.29 is 9.90 Å². The topological polar surface area (TPSA) is 72.2 Å². The van der Waals surface area contributed by atoms with E-state index in [1.165, 1.54) is 15.9 Å². The molecule has 0 unspecified atom stereocenters. The highest BCUT2D eigenvalue weighted by atomic mass is 32.1. The van der Waals surface area contributed by atoms with Crippen LogP contribution < -0.4 is 5.56 Å². The molecule has 0 radical (unpaired) electrons. The van der Waals surface area contributed by atoms with Gasteiger partial charge >= 0.3 is 5.97 Å². The molecule has 3 rings (SSSR count). The quantitative estimate of drug-likeness (QED) is 0.805. The first kappa shape index (κ1) is 14.0. The number of nitrogens with zero attached hydrogens (tertiary/aromatic N) is 2. The van der Waals surface area contributed by atoms with Crippen LogP contribution in [-0.4, -0.2) is 20.6 Å². The lowest BCUT2D eigenvalue weighted by Gasteiger charge is -2.07. The molecular weight excluding hydrogens is 308 g/mol. The van der Waals surface area contributed by atoms with Gasteiger partial charge in [-0.15, -0.1) is 22.7 Å². The molecule has 7 heteroatoms. The van der Waals surface area contributed by atoms with Crippen molar-refractivity contribution >= 4 is 38.9 Å². The van der Waals surface area contributed by atoms with Crippen LogP contribution in [0.2, 0.25) is 0 Å². The summed E-state index contributed by atoms with van der Waals surface area (Å²) in [5.74, 6) is -0.625. The van der Waals surface area contributed by atoms with Crippen molar-refractivity contribution in [3.63, 3.8) is 0 Å². The van der Waals surface area contributed by atoms with Crippen LogP contribution in [0.3, 0.4) is 0 Å². The summed E-state index contributed by atoms with van der Waals surface area (Å²) < 4.78 is 1.22.